The molecule has 0 radical (unpaired) electrons. The third kappa shape index (κ3) is 2.42. The molecule has 6 heteroatoms. The topological polar surface area (TPSA) is 92.5 Å². The van der Waals surface area contributed by atoms with E-state index in [2.05, 4.69) is 5.32 Å². The van der Waals surface area contributed by atoms with Crippen molar-refractivity contribution in [2.45, 2.75) is 25.4 Å². The summed E-state index contributed by atoms with van der Waals surface area (Å²) in [6.07, 6.45) is 4.35. The first-order valence-corrected chi connectivity index (χ1v) is 7.25. The number of benzene rings is 1. The molecule has 0 aromatic heterocycles. The Morgan fingerprint density at radius 2 is 2.14 bits per heavy atom. The standard InChI is InChI=1S/C16H17N3O3/c17-8-2-4-10-3-1-5-11-12(10)9-19(16(11)22)13-6-7-14(20)18-15(13)21/h1-5,13H,6-9,17H2,(H,18,20,21)/b4-2+. The normalized spacial score (nSPS) is 21.4. The van der Waals surface area contributed by atoms with Crippen molar-refractivity contribution < 1.29 is 14.4 Å². The minimum atomic E-state index is -0.580. The molecule has 0 spiro atoms. The van der Waals surface area contributed by atoms with Gasteiger partial charge in [-0.15, -0.1) is 0 Å². The van der Waals surface area contributed by atoms with E-state index in [0.29, 0.717) is 25.1 Å². The second kappa shape index (κ2) is 5.73. The zero-order valence-corrected chi connectivity index (χ0v) is 12.0. The fourth-order valence-electron chi connectivity index (χ4n) is 2.96. The fraction of sp³-hybridized carbons (Fsp3) is 0.312. The van der Waals surface area contributed by atoms with Crippen LogP contribution in [0.4, 0.5) is 0 Å². The number of imide groups is 1. The summed E-state index contributed by atoms with van der Waals surface area (Å²) in [7, 11) is 0. The lowest BCUT2D eigenvalue weighted by atomic mass is 10.0. The highest BCUT2D eigenvalue weighted by Gasteiger charge is 2.39. The van der Waals surface area contributed by atoms with E-state index in [-0.39, 0.29) is 18.2 Å². The van der Waals surface area contributed by atoms with E-state index >= 15 is 0 Å². The van der Waals surface area contributed by atoms with Gasteiger partial charge in [0, 0.05) is 25.1 Å². The predicted molar refractivity (Wildman–Crippen MR) is 80.6 cm³/mol. The number of fused-ring (bicyclic) bond motifs is 1. The Hall–Kier alpha value is -2.47. The van der Waals surface area contributed by atoms with Crippen molar-refractivity contribution in [1.82, 2.24) is 10.2 Å². The predicted octanol–water partition coefficient (Wildman–Crippen LogP) is 0.420. The van der Waals surface area contributed by atoms with Gasteiger partial charge >= 0.3 is 0 Å². The highest BCUT2D eigenvalue weighted by Crippen LogP contribution is 2.30. The Labute approximate surface area is 128 Å². The van der Waals surface area contributed by atoms with Gasteiger partial charge in [0.1, 0.15) is 6.04 Å². The summed E-state index contributed by atoms with van der Waals surface area (Å²) in [4.78, 5) is 37.3. The van der Waals surface area contributed by atoms with Crippen LogP contribution in [0.3, 0.4) is 0 Å². The van der Waals surface area contributed by atoms with Crippen LogP contribution in [0.25, 0.3) is 6.08 Å². The fourth-order valence-corrected chi connectivity index (χ4v) is 2.96. The highest BCUT2D eigenvalue weighted by atomic mass is 16.2. The monoisotopic (exact) mass is 299 g/mol. The summed E-state index contributed by atoms with van der Waals surface area (Å²) in [6.45, 7) is 0.806. The molecule has 3 rings (SSSR count). The Bertz CT molecular complexity index is 681. The van der Waals surface area contributed by atoms with Crippen LogP contribution in [-0.2, 0) is 16.1 Å². The molecule has 114 valence electrons. The molecule has 6 nitrogen and oxygen atoms in total. The van der Waals surface area contributed by atoms with Crippen molar-refractivity contribution in [3.05, 3.63) is 41.0 Å². The zero-order chi connectivity index (χ0) is 15.7. The third-order valence-corrected chi connectivity index (χ3v) is 4.05. The summed E-state index contributed by atoms with van der Waals surface area (Å²) < 4.78 is 0. The van der Waals surface area contributed by atoms with Gasteiger partial charge in [-0.1, -0.05) is 24.3 Å². The molecular formula is C16H17N3O3. The van der Waals surface area contributed by atoms with Gasteiger partial charge in [0.05, 0.1) is 0 Å². The largest absolute Gasteiger partial charge is 0.327 e. The summed E-state index contributed by atoms with van der Waals surface area (Å²) in [6, 6.07) is 4.93. The molecule has 1 atom stereocenters. The van der Waals surface area contributed by atoms with Crippen molar-refractivity contribution >= 4 is 23.8 Å². The Balaban J connectivity index is 1.89. The van der Waals surface area contributed by atoms with E-state index in [0.717, 1.165) is 11.1 Å². The van der Waals surface area contributed by atoms with Gasteiger partial charge in [-0.3, -0.25) is 19.7 Å². The van der Waals surface area contributed by atoms with Gasteiger partial charge in [0.25, 0.3) is 5.91 Å². The van der Waals surface area contributed by atoms with Crippen LogP contribution < -0.4 is 11.1 Å². The summed E-state index contributed by atoms with van der Waals surface area (Å²) >= 11 is 0. The van der Waals surface area contributed by atoms with Crippen LogP contribution in [0, 0.1) is 0 Å². The van der Waals surface area contributed by atoms with Crippen LogP contribution in [0.1, 0.15) is 34.3 Å². The molecule has 3 N–H and O–H groups in total. The van der Waals surface area contributed by atoms with Crippen molar-refractivity contribution in [3.8, 4) is 0 Å². The lowest BCUT2D eigenvalue weighted by Gasteiger charge is -2.29. The molecule has 0 saturated carbocycles. The van der Waals surface area contributed by atoms with Crippen LogP contribution in [0.15, 0.2) is 24.3 Å². The number of nitrogens with zero attached hydrogens (tertiary/aromatic N) is 1. The number of carbonyl (C=O) groups is 3. The van der Waals surface area contributed by atoms with E-state index < -0.39 is 11.9 Å². The van der Waals surface area contributed by atoms with Crippen LogP contribution in [0.5, 0.6) is 0 Å². The van der Waals surface area contributed by atoms with Crippen LogP contribution in [-0.4, -0.2) is 35.2 Å². The zero-order valence-electron chi connectivity index (χ0n) is 12.0. The van der Waals surface area contributed by atoms with E-state index in [1.54, 1.807) is 11.0 Å². The van der Waals surface area contributed by atoms with Crippen molar-refractivity contribution in [1.29, 1.82) is 0 Å². The van der Waals surface area contributed by atoms with E-state index in [1.165, 1.54) is 0 Å². The van der Waals surface area contributed by atoms with Gasteiger partial charge in [0.15, 0.2) is 0 Å². The summed E-state index contributed by atoms with van der Waals surface area (Å²) in [5.74, 6) is -0.832. The highest BCUT2D eigenvalue weighted by molar-refractivity contribution is 6.05. The average Bonchev–Trinajstić information content (AvgIpc) is 2.83. The summed E-state index contributed by atoms with van der Waals surface area (Å²) in [5, 5.41) is 2.30. The van der Waals surface area contributed by atoms with Gasteiger partial charge in [0.2, 0.25) is 11.8 Å². The Morgan fingerprint density at radius 1 is 1.32 bits per heavy atom. The smallest absolute Gasteiger partial charge is 0.255 e. The second-order valence-electron chi connectivity index (χ2n) is 5.41. The quantitative estimate of drug-likeness (QED) is 0.791. The number of hydrogen-bond donors (Lipinski definition) is 2. The maximum atomic E-state index is 12.6. The molecule has 1 unspecified atom stereocenters. The molecule has 0 bridgehead atoms. The first kappa shape index (κ1) is 14.5. The number of amides is 3. The minimum absolute atomic E-state index is 0.160. The molecule has 1 saturated heterocycles. The lowest BCUT2D eigenvalue weighted by Crippen LogP contribution is -2.52. The first-order chi connectivity index (χ1) is 10.6. The number of piperidine rings is 1. The number of hydrogen-bond acceptors (Lipinski definition) is 4. The van der Waals surface area contributed by atoms with Crippen LogP contribution >= 0.6 is 0 Å². The van der Waals surface area contributed by atoms with Gasteiger partial charge in [-0.25, -0.2) is 0 Å². The molecule has 1 aromatic rings. The third-order valence-electron chi connectivity index (χ3n) is 4.05. The maximum Gasteiger partial charge on any atom is 0.255 e. The molecule has 2 heterocycles. The summed E-state index contributed by atoms with van der Waals surface area (Å²) in [5.41, 5.74) is 7.93. The number of rotatable bonds is 3. The Kier molecular flexibility index (Phi) is 3.77. The van der Waals surface area contributed by atoms with Gasteiger partial charge in [-0.05, 0) is 23.6 Å². The van der Waals surface area contributed by atoms with Crippen molar-refractivity contribution in [2.75, 3.05) is 6.54 Å². The first-order valence-electron chi connectivity index (χ1n) is 7.25. The molecule has 2 aliphatic heterocycles. The van der Waals surface area contributed by atoms with Crippen LogP contribution in [0.2, 0.25) is 0 Å². The number of nitrogens with two attached hydrogens (primary N) is 1. The van der Waals surface area contributed by atoms with Gasteiger partial charge in [-0.2, -0.15) is 0 Å². The molecule has 22 heavy (non-hydrogen) atoms. The molecular weight excluding hydrogens is 282 g/mol. The van der Waals surface area contributed by atoms with E-state index in [1.807, 2.05) is 24.3 Å². The lowest BCUT2D eigenvalue weighted by molar-refractivity contribution is -0.136. The number of carbonyl (C=O) groups excluding carboxylic acids is 3. The number of nitrogens with one attached hydrogen (secondary N) is 1. The average molecular weight is 299 g/mol. The van der Waals surface area contributed by atoms with Crippen molar-refractivity contribution in [2.24, 2.45) is 5.73 Å². The molecule has 1 fully saturated rings. The van der Waals surface area contributed by atoms with E-state index in [4.69, 9.17) is 5.73 Å². The molecule has 0 aliphatic carbocycles. The molecule has 2 aliphatic rings. The van der Waals surface area contributed by atoms with Gasteiger partial charge < -0.3 is 10.6 Å². The second-order valence-corrected chi connectivity index (χ2v) is 5.41. The SMILES string of the molecule is NC/C=C/c1cccc2c1CN(C1CCC(=O)NC1=O)C2=O. The Morgan fingerprint density at radius 3 is 2.86 bits per heavy atom. The van der Waals surface area contributed by atoms with E-state index in [9.17, 15) is 14.4 Å². The minimum Gasteiger partial charge on any atom is -0.327 e. The maximum absolute atomic E-state index is 12.6. The van der Waals surface area contributed by atoms with Crippen molar-refractivity contribution in [3.63, 3.8) is 0 Å². The molecule has 1 aromatic carbocycles. The molecule has 3 amide bonds.